The van der Waals surface area contributed by atoms with E-state index < -0.39 is 0 Å². The van der Waals surface area contributed by atoms with Crippen LogP contribution in [-0.4, -0.2) is 47.6 Å². The molecule has 3 rings (SSSR count). The van der Waals surface area contributed by atoms with E-state index >= 15 is 0 Å². The van der Waals surface area contributed by atoms with Crippen LogP contribution in [0, 0.1) is 4.77 Å². The summed E-state index contributed by atoms with van der Waals surface area (Å²) in [7, 11) is 1.69. The summed E-state index contributed by atoms with van der Waals surface area (Å²) in [5.74, 6) is 0.896. The Kier molecular flexibility index (Phi) is 5.32. The van der Waals surface area contributed by atoms with Crippen molar-refractivity contribution in [1.29, 1.82) is 0 Å². The van der Waals surface area contributed by atoms with Crippen molar-refractivity contribution in [3.8, 4) is 5.75 Å². The molecule has 128 valence electrons. The van der Waals surface area contributed by atoms with Gasteiger partial charge in [0.15, 0.2) is 6.67 Å². The molecule has 1 fully saturated rings. The Labute approximate surface area is 147 Å². The first-order valence-electron chi connectivity index (χ1n) is 8.17. The van der Waals surface area contributed by atoms with E-state index in [1.54, 1.807) is 13.4 Å². The van der Waals surface area contributed by atoms with E-state index in [-0.39, 0.29) is 0 Å². The Balaban J connectivity index is 1.56. The molecule has 1 aliphatic heterocycles. The van der Waals surface area contributed by atoms with Gasteiger partial charge in [0.2, 0.25) is 4.77 Å². The van der Waals surface area contributed by atoms with Crippen molar-refractivity contribution in [3.05, 3.63) is 48.0 Å². The molecule has 1 N–H and O–H groups in total. The molecule has 0 saturated carbocycles. The highest BCUT2D eigenvalue weighted by Gasteiger charge is 2.21. The Morgan fingerprint density at radius 1 is 1.29 bits per heavy atom. The number of hydrogen-bond donors (Lipinski definition) is 1. The standard InChI is InChI=1S/C17H23N5OS/c1-3-8-21-13-18-22(17(21)24)14-19-9-11-20(12-10-19)15-4-6-16(23-2)7-5-15/h3-7,13H,1,8-12,14H2,2H3/p+1. The lowest BCUT2D eigenvalue weighted by Crippen LogP contribution is -3.14. The van der Waals surface area contributed by atoms with Crippen LogP contribution >= 0.6 is 12.2 Å². The molecule has 2 aromatic rings. The zero-order chi connectivity index (χ0) is 16.9. The molecule has 6 nitrogen and oxygen atoms in total. The first kappa shape index (κ1) is 16.7. The van der Waals surface area contributed by atoms with Gasteiger partial charge in [-0.3, -0.25) is 0 Å². The van der Waals surface area contributed by atoms with Gasteiger partial charge in [-0.25, -0.2) is 0 Å². The number of methoxy groups -OCH3 is 1. The van der Waals surface area contributed by atoms with E-state index in [1.165, 1.54) is 10.6 Å². The Hall–Kier alpha value is -2.12. The average Bonchev–Trinajstić information content (AvgIpc) is 2.96. The van der Waals surface area contributed by atoms with Crippen LogP contribution in [0.3, 0.4) is 0 Å². The summed E-state index contributed by atoms with van der Waals surface area (Å²) in [6, 6.07) is 8.27. The number of aromatic nitrogens is 3. The normalized spacial score (nSPS) is 15.5. The lowest BCUT2D eigenvalue weighted by Gasteiger charge is -2.33. The molecule has 0 bridgehead atoms. The van der Waals surface area contributed by atoms with Crippen LogP contribution in [0.25, 0.3) is 0 Å². The number of piperazine rings is 1. The second-order valence-electron chi connectivity index (χ2n) is 5.95. The van der Waals surface area contributed by atoms with Gasteiger partial charge in [-0.2, -0.15) is 9.78 Å². The Morgan fingerprint density at radius 2 is 2.00 bits per heavy atom. The molecular formula is C17H24N5OS+. The van der Waals surface area contributed by atoms with Crippen LogP contribution in [0.5, 0.6) is 5.75 Å². The summed E-state index contributed by atoms with van der Waals surface area (Å²) in [6.07, 6.45) is 3.62. The van der Waals surface area contributed by atoms with Gasteiger partial charge >= 0.3 is 0 Å². The summed E-state index contributed by atoms with van der Waals surface area (Å²) in [5.41, 5.74) is 1.25. The molecule has 7 heteroatoms. The van der Waals surface area contributed by atoms with Crippen LogP contribution < -0.4 is 14.5 Å². The fourth-order valence-corrected chi connectivity index (χ4v) is 3.22. The van der Waals surface area contributed by atoms with Crippen LogP contribution in [0.15, 0.2) is 43.2 Å². The molecule has 0 radical (unpaired) electrons. The van der Waals surface area contributed by atoms with Crippen molar-refractivity contribution < 1.29 is 9.64 Å². The molecule has 0 spiro atoms. The molecule has 0 amide bonds. The third-order valence-corrected chi connectivity index (χ3v) is 4.85. The number of hydrogen-bond acceptors (Lipinski definition) is 4. The monoisotopic (exact) mass is 346 g/mol. The minimum Gasteiger partial charge on any atom is -0.497 e. The van der Waals surface area contributed by atoms with Gasteiger partial charge in [0.1, 0.15) is 12.1 Å². The fourth-order valence-electron chi connectivity index (χ4n) is 2.99. The molecule has 0 atom stereocenters. The van der Waals surface area contributed by atoms with Gasteiger partial charge in [-0.1, -0.05) is 6.08 Å². The predicted molar refractivity (Wildman–Crippen MR) is 97.2 cm³/mol. The quantitative estimate of drug-likeness (QED) is 0.625. The third-order valence-electron chi connectivity index (χ3n) is 4.40. The predicted octanol–water partition coefficient (Wildman–Crippen LogP) is 0.971. The maximum atomic E-state index is 5.46. The zero-order valence-corrected chi connectivity index (χ0v) is 14.8. The first-order chi connectivity index (χ1) is 11.7. The smallest absolute Gasteiger partial charge is 0.202 e. The van der Waals surface area contributed by atoms with Gasteiger partial charge < -0.3 is 19.1 Å². The summed E-state index contributed by atoms with van der Waals surface area (Å²) in [4.78, 5) is 3.91. The highest BCUT2D eigenvalue weighted by Crippen LogP contribution is 2.18. The first-order valence-corrected chi connectivity index (χ1v) is 8.58. The lowest BCUT2D eigenvalue weighted by molar-refractivity contribution is -0.924. The van der Waals surface area contributed by atoms with Crippen LogP contribution in [0.2, 0.25) is 0 Å². The minimum atomic E-state index is 0.708. The van der Waals surface area contributed by atoms with Crippen molar-refractivity contribution in [2.75, 3.05) is 38.2 Å². The number of nitrogens with one attached hydrogen (secondary N) is 1. The van der Waals surface area contributed by atoms with Crippen molar-refractivity contribution in [2.24, 2.45) is 0 Å². The van der Waals surface area contributed by atoms with E-state index in [0.29, 0.717) is 6.54 Å². The van der Waals surface area contributed by atoms with Gasteiger partial charge in [0.25, 0.3) is 0 Å². The number of nitrogens with zero attached hydrogens (tertiary/aromatic N) is 4. The molecule has 1 aromatic carbocycles. The van der Waals surface area contributed by atoms with E-state index in [0.717, 1.165) is 43.4 Å². The van der Waals surface area contributed by atoms with Crippen molar-refractivity contribution in [1.82, 2.24) is 14.3 Å². The van der Waals surface area contributed by atoms with E-state index in [9.17, 15) is 0 Å². The zero-order valence-electron chi connectivity index (χ0n) is 14.0. The van der Waals surface area contributed by atoms with E-state index in [4.69, 9.17) is 17.0 Å². The van der Waals surface area contributed by atoms with Crippen LogP contribution in [0.4, 0.5) is 5.69 Å². The van der Waals surface area contributed by atoms with Gasteiger partial charge in [0, 0.05) is 12.2 Å². The van der Waals surface area contributed by atoms with Gasteiger partial charge in [0.05, 0.1) is 33.3 Å². The Morgan fingerprint density at radius 3 is 2.62 bits per heavy atom. The maximum absolute atomic E-state index is 5.46. The maximum Gasteiger partial charge on any atom is 0.202 e. The second kappa shape index (κ2) is 7.63. The van der Waals surface area contributed by atoms with Gasteiger partial charge in [-0.15, -0.1) is 6.58 Å². The highest BCUT2D eigenvalue weighted by atomic mass is 32.1. The molecule has 1 aromatic heterocycles. The summed E-state index contributed by atoms with van der Waals surface area (Å²) in [6.45, 7) is 9.48. The van der Waals surface area contributed by atoms with Crippen LogP contribution in [-0.2, 0) is 13.2 Å². The molecule has 0 aliphatic carbocycles. The number of rotatable bonds is 6. The molecule has 24 heavy (non-hydrogen) atoms. The van der Waals surface area contributed by atoms with E-state index in [2.05, 4.69) is 28.7 Å². The molecule has 1 saturated heterocycles. The SMILES string of the molecule is C=CCn1cnn(C[NH+]2CCN(c3ccc(OC)cc3)CC2)c1=S. The highest BCUT2D eigenvalue weighted by molar-refractivity contribution is 7.71. The molecule has 0 unspecified atom stereocenters. The van der Waals surface area contributed by atoms with Crippen LogP contribution in [0.1, 0.15) is 0 Å². The van der Waals surface area contributed by atoms with Crippen molar-refractivity contribution in [3.63, 3.8) is 0 Å². The van der Waals surface area contributed by atoms with Crippen molar-refractivity contribution in [2.45, 2.75) is 13.2 Å². The summed E-state index contributed by atoms with van der Waals surface area (Å²) < 4.78 is 9.84. The summed E-state index contributed by atoms with van der Waals surface area (Å²) >= 11 is 5.46. The average molecular weight is 346 g/mol. The third kappa shape index (κ3) is 3.68. The minimum absolute atomic E-state index is 0.708. The number of ether oxygens (including phenoxy) is 1. The largest absolute Gasteiger partial charge is 0.497 e. The fraction of sp³-hybridized carbons (Fsp3) is 0.412. The second-order valence-corrected chi connectivity index (χ2v) is 6.31. The molecule has 1 aliphatic rings. The number of allylic oxidation sites excluding steroid dienone is 1. The summed E-state index contributed by atoms with van der Waals surface area (Å²) in [5, 5.41) is 4.40. The Bertz CT molecular complexity index is 728. The number of quaternary nitrogens is 1. The topological polar surface area (TPSA) is 39.7 Å². The lowest BCUT2D eigenvalue weighted by atomic mass is 10.2. The van der Waals surface area contributed by atoms with E-state index in [1.807, 2.05) is 27.5 Å². The number of anilines is 1. The number of benzene rings is 1. The molecule has 2 heterocycles. The van der Waals surface area contributed by atoms with Gasteiger partial charge in [-0.05, 0) is 36.5 Å². The van der Waals surface area contributed by atoms with Crippen molar-refractivity contribution >= 4 is 17.9 Å². The molecular weight excluding hydrogens is 322 g/mol.